The van der Waals surface area contributed by atoms with Crippen molar-refractivity contribution in [3.05, 3.63) is 42.2 Å². The molecule has 1 fully saturated rings. The molecule has 1 aliphatic rings. The smallest absolute Gasteiger partial charge is 0.128 e. The van der Waals surface area contributed by atoms with Crippen LogP contribution in [0.5, 0.6) is 0 Å². The number of aromatic nitrogens is 2. The lowest BCUT2D eigenvalue weighted by Gasteiger charge is -2.22. The molecule has 1 saturated heterocycles. The van der Waals surface area contributed by atoms with Crippen molar-refractivity contribution in [2.24, 2.45) is 0 Å². The molecule has 0 saturated carbocycles. The maximum atomic E-state index is 8.89. The van der Waals surface area contributed by atoms with E-state index in [1.807, 2.05) is 43.4 Å². The highest BCUT2D eigenvalue weighted by molar-refractivity contribution is 5.48. The third-order valence-corrected chi connectivity index (χ3v) is 4.51. The van der Waals surface area contributed by atoms with Gasteiger partial charge in [-0.1, -0.05) is 0 Å². The second-order valence-electron chi connectivity index (χ2n) is 6.58. The number of nitriles is 1. The summed E-state index contributed by atoms with van der Waals surface area (Å²) in [6.07, 6.45) is 6.84. The Morgan fingerprint density at radius 1 is 1.12 bits per heavy atom. The van der Waals surface area contributed by atoms with E-state index in [1.54, 1.807) is 6.20 Å². The van der Waals surface area contributed by atoms with Gasteiger partial charge in [0.15, 0.2) is 0 Å². The second kappa shape index (κ2) is 7.84. The van der Waals surface area contributed by atoms with E-state index in [-0.39, 0.29) is 0 Å². The number of hydrogen-bond donors (Lipinski definition) is 1. The van der Waals surface area contributed by atoms with Crippen molar-refractivity contribution in [2.45, 2.75) is 25.3 Å². The molecule has 0 bridgehead atoms. The first kappa shape index (κ1) is 17.0. The summed E-state index contributed by atoms with van der Waals surface area (Å²) in [4.78, 5) is 13.2. The summed E-state index contributed by atoms with van der Waals surface area (Å²) in [5.41, 5.74) is 1.67. The van der Waals surface area contributed by atoms with Gasteiger partial charge in [0.1, 0.15) is 17.7 Å². The average Bonchev–Trinajstić information content (AvgIpc) is 2.88. The molecule has 6 heteroatoms. The Kier molecular flexibility index (Phi) is 5.34. The molecule has 6 nitrogen and oxygen atoms in total. The highest BCUT2D eigenvalue weighted by Crippen LogP contribution is 2.21. The predicted octanol–water partition coefficient (Wildman–Crippen LogP) is 2.89. The Bertz CT molecular complexity index is 717. The van der Waals surface area contributed by atoms with Gasteiger partial charge in [-0.05, 0) is 43.5 Å². The van der Waals surface area contributed by atoms with Gasteiger partial charge in [-0.15, -0.1) is 0 Å². The fourth-order valence-electron chi connectivity index (χ4n) is 3.08. The fraction of sp³-hybridized carbons (Fsp3) is 0.421. The summed E-state index contributed by atoms with van der Waals surface area (Å²) >= 11 is 0. The average molecular weight is 336 g/mol. The maximum Gasteiger partial charge on any atom is 0.128 e. The van der Waals surface area contributed by atoms with Gasteiger partial charge >= 0.3 is 0 Å². The van der Waals surface area contributed by atoms with Crippen molar-refractivity contribution >= 4 is 17.3 Å². The Balaban J connectivity index is 1.58. The van der Waals surface area contributed by atoms with Gasteiger partial charge in [0, 0.05) is 39.4 Å². The summed E-state index contributed by atoms with van der Waals surface area (Å²) in [5.74, 6) is 1.92. The molecule has 2 aromatic rings. The van der Waals surface area contributed by atoms with E-state index >= 15 is 0 Å². The SMILES string of the molecule is CN(C)c1ccc(NC2CCCN(c3ccc(C#N)cn3)CC2)cn1. The second-order valence-corrected chi connectivity index (χ2v) is 6.58. The lowest BCUT2D eigenvalue weighted by Crippen LogP contribution is -2.26. The van der Waals surface area contributed by atoms with E-state index in [1.165, 1.54) is 0 Å². The first-order valence-corrected chi connectivity index (χ1v) is 8.67. The van der Waals surface area contributed by atoms with E-state index < -0.39 is 0 Å². The Hall–Kier alpha value is -2.81. The minimum absolute atomic E-state index is 0.440. The molecular formula is C19H24N6. The van der Waals surface area contributed by atoms with Crippen LogP contribution in [0.15, 0.2) is 36.7 Å². The van der Waals surface area contributed by atoms with Crippen molar-refractivity contribution in [3.8, 4) is 6.07 Å². The predicted molar refractivity (Wildman–Crippen MR) is 101 cm³/mol. The molecule has 25 heavy (non-hydrogen) atoms. The highest BCUT2D eigenvalue weighted by Gasteiger charge is 2.18. The lowest BCUT2D eigenvalue weighted by molar-refractivity contribution is 0.639. The molecule has 0 aromatic carbocycles. The lowest BCUT2D eigenvalue weighted by atomic mass is 10.1. The molecule has 1 aliphatic heterocycles. The third-order valence-electron chi connectivity index (χ3n) is 4.51. The quantitative estimate of drug-likeness (QED) is 0.926. The van der Waals surface area contributed by atoms with Gasteiger partial charge in [-0.2, -0.15) is 5.26 Å². The van der Waals surface area contributed by atoms with Crippen LogP contribution in [0, 0.1) is 11.3 Å². The Labute approximate surface area is 149 Å². The number of rotatable bonds is 4. The number of pyridine rings is 2. The zero-order valence-corrected chi connectivity index (χ0v) is 14.8. The molecule has 3 rings (SSSR count). The van der Waals surface area contributed by atoms with Gasteiger partial charge in [0.2, 0.25) is 0 Å². The standard InChI is InChI=1S/C19H24N6/c1-24(2)18-8-6-17(14-22-18)23-16-4-3-10-25(11-9-16)19-7-5-15(12-20)13-21-19/h5-8,13-14,16,23H,3-4,9-11H2,1-2H3. The van der Waals surface area contributed by atoms with E-state index in [4.69, 9.17) is 5.26 Å². The molecule has 1 N–H and O–H groups in total. The number of nitrogens with zero attached hydrogens (tertiary/aromatic N) is 5. The van der Waals surface area contributed by atoms with Crippen LogP contribution in [0.1, 0.15) is 24.8 Å². The largest absolute Gasteiger partial charge is 0.381 e. The van der Waals surface area contributed by atoms with E-state index in [0.29, 0.717) is 11.6 Å². The number of anilines is 3. The van der Waals surface area contributed by atoms with Crippen molar-refractivity contribution in [3.63, 3.8) is 0 Å². The first-order chi connectivity index (χ1) is 12.2. The first-order valence-electron chi connectivity index (χ1n) is 8.67. The molecular weight excluding hydrogens is 312 g/mol. The summed E-state index contributed by atoms with van der Waals surface area (Å²) in [7, 11) is 3.99. The molecule has 0 amide bonds. The molecule has 0 radical (unpaired) electrons. The van der Waals surface area contributed by atoms with Crippen LogP contribution < -0.4 is 15.1 Å². The van der Waals surface area contributed by atoms with Gasteiger partial charge in [-0.3, -0.25) is 0 Å². The minimum atomic E-state index is 0.440. The van der Waals surface area contributed by atoms with Crippen LogP contribution in [0.3, 0.4) is 0 Å². The van der Waals surface area contributed by atoms with Crippen LogP contribution in [0.2, 0.25) is 0 Å². The normalized spacial score (nSPS) is 17.5. The van der Waals surface area contributed by atoms with Crippen molar-refractivity contribution < 1.29 is 0 Å². The van der Waals surface area contributed by atoms with Gasteiger partial charge < -0.3 is 15.1 Å². The molecule has 130 valence electrons. The molecule has 2 aromatic heterocycles. The molecule has 1 unspecified atom stereocenters. The number of hydrogen-bond acceptors (Lipinski definition) is 6. The van der Waals surface area contributed by atoms with E-state index in [0.717, 1.165) is 49.7 Å². The van der Waals surface area contributed by atoms with Crippen molar-refractivity contribution in [1.82, 2.24) is 9.97 Å². The minimum Gasteiger partial charge on any atom is -0.381 e. The van der Waals surface area contributed by atoms with Crippen molar-refractivity contribution in [1.29, 1.82) is 5.26 Å². The van der Waals surface area contributed by atoms with Crippen LogP contribution >= 0.6 is 0 Å². The monoisotopic (exact) mass is 336 g/mol. The van der Waals surface area contributed by atoms with E-state index in [9.17, 15) is 0 Å². The Morgan fingerprint density at radius 3 is 2.64 bits per heavy atom. The molecule has 0 aliphatic carbocycles. The summed E-state index contributed by atoms with van der Waals surface area (Å²) in [6.45, 7) is 1.95. The van der Waals surface area contributed by atoms with Crippen LogP contribution in [-0.2, 0) is 0 Å². The zero-order valence-electron chi connectivity index (χ0n) is 14.8. The summed E-state index contributed by atoms with van der Waals surface area (Å²) in [5, 5.41) is 12.5. The third kappa shape index (κ3) is 4.38. The van der Waals surface area contributed by atoms with Crippen LogP contribution in [0.4, 0.5) is 17.3 Å². The van der Waals surface area contributed by atoms with Gasteiger partial charge in [0.05, 0.1) is 17.4 Å². The summed E-state index contributed by atoms with van der Waals surface area (Å²) < 4.78 is 0. The van der Waals surface area contributed by atoms with Gasteiger partial charge in [0.25, 0.3) is 0 Å². The summed E-state index contributed by atoms with van der Waals surface area (Å²) in [6, 6.07) is 10.5. The Morgan fingerprint density at radius 2 is 2.00 bits per heavy atom. The topological polar surface area (TPSA) is 68.1 Å². The maximum absolute atomic E-state index is 8.89. The highest BCUT2D eigenvalue weighted by atomic mass is 15.2. The fourth-order valence-corrected chi connectivity index (χ4v) is 3.08. The van der Waals surface area contributed by atoms with Crippen LogP contribution in [0.25, 0.3) is 0 Å². The number of nitrogens with one attached hydrogen (secondary N) is 1. The molecule has 1 atom stereocenters. The molecule has 0 spiro atoms. The zero-order chi connectivity index (χ0) is 17.6. The van der Waals surface area contributed by atoms with Gasteiger partial charge in [-0.25, -0.2) is 9.97 Å². The molecule has 3 heterocycles. The van der Waals surface area contributed by atoms with Crippen LogP contribution in [-0.4, -0.2) is 43.2 Å². The van der Waals surface area contributed by atoms with E-state index in [2.05, 4.69) is 32.3 Å². The van der Waals surface area contributed by atoms with Crippen molar-refractivity contribution in [2.75, 3.05) is 42.3 Å².